The Bertz CT molecular complexity index is 781. The van der Waals surface area contributed by atoms with Crippen molar-refractivity contribution < 1.29 is 13.2 Å². The molecule has 0 unspecified atom stereocenters. The number of hydrogen-bond acceptors (Lipinski definition) is 3. The number of benzene rings is 1. The van der Waals surface area contributed by atoms with Crippen molar-refractivity contribution >= 4 is 15.9 Å². The van der Waals surface area contributed by atoms with Gasteiger partial charge in [-0.05, 0) is 68.7 Å². The highest BCUT2D eigenvalue weighted by molar-refractivity contribution is 7.89. The predicted octanol–water partition coefficient (Wildman–Crippen LogP) is 3.44. The molecule has 0 aliphatic carbocycles. The van der Waals surface area contributed by atoms with Gasteiger partial charge in [-0.1, -0.05) is 19.9 Å². The summed E-state index contributed by atoms with van der Waals surface area (Å²) in [5, 5.41) is 0. The van der Waals surface area contributed by atoms with Crippen molar-refractivity contribution in [2.75, 3.05) is 26.7 Å². The van der Waals surface area contributed by atoms with Crippen molar-refractivity contribution in [1.82, 2.24) is 9.21 Å². The summed E-state index contributed by atoms with van der Waals surface area (Å²) >= 11 is 0. The van der Waals surface area contributed by atoms with Crippen molar-refractivity contribution in [2.24, 2.45) is 11.8 Å². The quantitative estimate of drug-likeness (QED) is 0.769. The molecule has 1 saturated heterocycles. The number of sulfonamides is 1. The molecule has 0 radical (unpaired) electrons. The Morgan fingerprint density at radius 3 is 2.04 bits per heavy atom. The summed E-state index contributed by atoms with van der Waals surface area (Å²) in [6, 6.07) is 2.04. The van der Waals surface area contributed by atoms with E-state index in [1.165, 1.54) is 0 Å². The lowest BCUT2D eigenvalue weighted by Crippen LogP contribution is -2.44. The van der Waals surface area contributed by atoms with E-state index < -0.39 is 10.0 Å². The van der Waals surface area contributed by atoms with E-state index >= 15 is 0 Å². The van der Waals surface area contributed by atoms with Crippen molar-refractivity contribution in [2.45, 2.75) is 59.3 Å². The lowest BCUT2D eigenvalue weighted by Gasteiger charge is -2.33. The monoisotopic (exact) mass is 394 g/mol. The van der Waals surface area contributed by atoms with Crippen LogP contribution >= 0.6 is 0 Å². The fourth-order valence-corrected chi connectivity index (χ4v) is 6.03. The molecule has 0 spiro atoms. The Hall–Kier alpha value is -1.40. The fourth-order valence-electron chi connectivity index (χ4n) is 3.99. The molecule has 2 rings (SSSR count). The topological polar surface area (TPSA) is 57.7 Å². The van der Waals surface area contributed by atoms with Crippen molar-refractivity contribution in [3.05, 3.63) is 28.3 Å². The second-order valence-electron chi connectivity index (χ2n) is 8.38. The standard InChI is InChI=1S/C21H34N2O3S/c1-14(2)13-22(7)21(24)19-8-10-23(11-9-19)27(25,26)20-17(5)15(3)12-16(4)18(20)6/h12,14,19H,8-11,13H2,1-7H3. The molecule has 1 aliphatic heterocycles. The molecule has 1 amide bonds. The molecule has 1 aromatic rings. The zero-order chi connectivity index (χ0) is 20.5. The number of aryl methyl sites for hydroxylation is 2. The molecule has 1 aromatic carbocycles. The molecule has 0 bridgehead atoms. The average molecular weight is 395 g/mol. The van der Waals surface area contributed by atoms with Gasteiger partial charge in [0.2, 0.25) is 15.9 Å². The first kappa shape index (κ1) is 21.9. The van der Waals surface area contributed by atoms with E-state index in [4.69, 9.17) is 0 Å². The average Bonchev–Trinajstić information content (AvgIpc) is 2.59. The van der Waals surface area contributed by atoms with Gasteiger partial charge in [-0.15, -0.1) is 0 Å². The second kappa shape index (κ2) is 8.31. The van der Waals surface area contributed by atoms with Gasteiger partial charge in [-0.2, -0.15) is 4.31 Å². The Morgan fingerprint density at radius 1 is 1.11 bits per heavy atom. The van der Waals surface area contributed by atoms with Crippen LogP contribution in [0.2, 0.25) is 0 Å². The summed E-state index contributed by atoms with van der Waals surface area (Å²) in [5.74, 6) is 0.482. The molecular weight excluding hydrogens is 360 g/mol. The second-order valence-corrected chi connectivity index (χ2v) is 10.3. The van der Waals surface area contributed by atoms with Crippen LogP contribution in [0.15, 0.2) is 11.0 Å². The number of carbonyl (C=O) groups excluding carboxylic acids is 1. The molecule has 5 nitrogen and oxygen atoms in total. The van der Waals surface area contributed by atoms with Gasteiger partial charge in [0.25, 0.3) is 0 Å². The smallest absolute Gasteiger partial charge is 0.243 e. The Morgan fingerprint density at radius 2 is 1.59 bits per heavy atom. The van der Waals surface area contributed by atoms with Gasteiger partial charge in [-0.3, -0.25) is 4.79 Å². The van der Waals surface area contributed by atoms with Gasteiger partial charge in [-0.25, -0.2) is 8.42 Å². The molecular formula is C21H34N2O3S. The first-order chi connectivity index (χ1) is 12.5. The van der Waals surface area contributed by atoms with Crippen molar-refractivity contribution in [1.29, 1.82) is 0 Å². The summed E-state index contributed by atoms with van der Waals surface area (Å²) in [7, 11) is -1.71. The number of piperidine rings is 1. The van der Waals surface area contributed by atoms with Crippen LogP contribution < -0.4 is 0 Å². The third-order valence-electron chi connectivity index (χ3n) is 5.71. The molecule has 1 aliphatic rings. The summed E-state index contributed by atoms with van der Waals surface area (Å²) in [5.41, 5.74) is 3.65. The van der Waals surface area contributed by atoms with Crippen LogP contribution in [0, 0.1) is 39.5 Å². The summed E-state index contributed by atoms with van der Waals surface area (Å²) in [6.45, 7) is 13.4. The third kappa shape index (κ3) is 4.54. The van der Waals surface area contributed by atoms with Crippen LogP contribution in [0.1, 0.15) is 48.9 Å². The molecule has 1 heterocycles. The largest absolute Gasteiger partial charge is 0.345 e. The molecule has 27 heavy (non-hydrogen) atoms. The highest BCUT2D eigenvalue weighted by Crippen LogP contribution is 2.31. The zero-order valence-electron chi connectivity index (χ0n) is 17.8. The van der Waals surface area contributed by atoms with Crippen LogP contribution in [0.5, 0.6) is 0 Å². The fraction of sp³-hybridized carbons (Fsp3) is 0.667. The lowest BCUT2D eigenvalue weighted by molar-refractivity contribution is -0.135. The Balaban J connectivity index is 2.18. The number of nitrogens with zero attached hydrogens (tertiary/aromatic N) is 2. The number of rotatable bonds is 5. The molecule has 0 N–H and O–H groups in total. The first-order valence-corrected chi connectivity index (χ1v) is 11.2. The molecule has 0 atom stereocenters. The maximum atomic E-state index is 13.3. The molecule has 6 heteroatoms. The SMILES string of the molecule is Cc1cc(C)c(C)c(S(=O)(=O)N2CCC(C(=O)N(C)CC(C)C)CC2)c1C. The van der Waals surface area contributed by atoms with E-state index in [9.17, 15) is 13.2 Å². The summed E-state index contributed by atoms with van der Waals surface area (Å²) < 4.78 is 28.2. The van der Waals surface area contributed by atoms with E-state index in [2.05, 4.69) is 13.8 Å². The van der Waals surface area contributed by atoms with Crippen LogP contribution in [0.25, 0.3) is 0 Å². The summed E-state index contributed by atoms with van der Waals surface area (Å²) in [4.78, 5) is 14.9. The molecule has 152 valence electrons. The van der Waals surface area contributed by atoms with E-state index in [1.54, 1.807) is 9.21 Å². The van der Waals surface area contributed by atoms with Gasteiger partial charge in [0, 0.05) is 32.6 Å². The third-order valence-corrected chi connectivity index (χ3v) is 7.89. The Labute approximate surface area is 164 Å². The maximum absolute atomic E-state index is 13.3. The minimum absolute atomic E-state index is 0.0818. The Kier molecular flexibility index (Phi) is 6.74. The van der Waals surface area contributed by atoms with Crippen LogP contribution in [0.4, 0.5) is 0 Å². The van der Waals surface area contributed by atoms with Crippen LogP contribution in [-0.4, -0.2) is 50.2 Å². The summed E-state index contributed by atoms with van der Waals surface area (Å²) in [6.07, 6.45) is 1.17. The first-order valence-electron chi connectivity index (χ1n) is 9.79. The molecule has 0 saturated carbocycles. The van der Waals surface area contributed by atoms with E-state index in [0.29, 0.717) is 36.7 Å². The number of carbonyl (C=O) groups is 1. The van der Waals surface area contributed by atoms with Crippen LogP contribution in [-0.2, 0) is 14.8 Å². The van der Waals surface area contributed by atoms with Gasteiger partial charge in [0.15, 0.2) is 0 Å². The highest BCUT2D eigenvalue weighted by atomic mass is 32.2. The van der Waals surface area contributed by atoms with E-state index in [1.807, 2.05) is 40.8 Å². The normalized spacial score (nSPS) is 16.7. The van der Waals surface area contributed by atoms with Gasteiger partial charge in [0.1, 0.15) is 0 Å². The van der Waals surface area contributed by atoms with Crippen molar-refractivity contribution in [3.63, 3.8) is 0 Å². The van der Waals surface area contributed by atoms with Crippen LogP contribution in [0.3, 0.4) is 0 Å². The highest BCUT2D eigenvalue weighted by Gasteiger charge is 2.35. The van der Waals surface area contributed by atoms with Gasteiger partial charge < -0.3 is 4.90 Å². The van der Waals surface area contributed by atoms with Gasteiger partial charge >= 0.3 is 0 Å². The van der Waals surface area contributed by atoms with E-state index in [-0.39, 0.29) is 11.8 Å². The number of amides is 1. The minimum atomic E-state index is -3.55. The zero-order valence-corrected chi connectivity index (χ0v) is 18.6. The van der Waals surface area contributed by atoms with E-state index in [0.717, 1.165) is 28.8 Å². The lowest BCUT2D eigenvalue weighted by atomic mass is 9.96. The minimum Gasteiger partial charge on any atom is -0.345 e. The van der Waals surface area contributed by atoms with Crippen molar-refractivity contribution in [3.8, 4) is 0 Å². The molecule has 1 fully saturated rings. The van der Waals surface area contributed by atoms with Gasteiger partial charge in [0.05, 0.1) is 4.90 Å². The maximum Gasteiger partial charge on any atom is 0.243 e. The predicted molar refractivity (Wildman–Crippen MR) is 109 cm³/mol. The number of hydrogen-bond donors (Lipinski definition) is 0. The molecule has 0 aromatic heterocycles.